The van der Waals surface area contributed by atoms with Gasteiger partial charge in [0.05, 0.1) is 0 Å². The fraction of sp³-hybridized carbons (Fsp3) is 0.800. The molecule has 12 heteroatoms. The Morgan fingerprint density at radius 3 is 1.59 bits per heavy atom. The van der Waals surface area contributed by atoms with Gasteiger partial charge in [-0.2, -0.15) is 15.0 Å². The van der Waals surface area contributed by atoms with E-state index in [0.29, 0.717) is 31.3 Å². The van der Waals surface area contributed by atoms with Gasteiger partial charge in [-0.1, -0.05) is 0 Å². The molecule has 2 heterocycles. The maximum absolute atomic E-state index is 5.51. The van der Waals surface area contributed by atoms with Crippen LogP contribution in [0.2, 0.25) is 0 Å². The van der Waals surface area contributed by atoms with Gasteiger partial charge in [-0.25, -0.2) is 0 Å². The Morgan fingerprint density at radius 1 is 0.815 bits per heavy atom. The van der Waals surface area contributed by atoms with Crippen molar-refractivity contribution >= 4 is 17.8 Å². The first-order chi connectivity index (χ1) is 13.1. The van der Waals surface area contributed by atoms with Crippen molar-refractivity contribution in [1.29, 1.82) is 0 Å². The quantitative estimate of drug-likeness (QED) is 0.477. The third kappa shape index (κ3) is 6.09. The van der Waals surface area contributed by atoms with Gasteiger partial charge >= 0.3 is 0 Å². The van der Waals surface area contributed by atoms with Crippen molar-refractivity contribution in [3.63, 3.8) is 0 Å². The summed E-state index contributed by atoms with van der Waals surface area (Å²) in [5.74, 6) is 1.17. The zero-order valence-electron chi connectivity index (χ0n) is 16.5. The Hall–Kier alpha value is -1.83. The fourth-order valence-electron chi connectivity index (χ4n) is 2.29. The van der Waals surface area contributed by atoms with E-state index in [1.165, 1.54) is 0 Å². The van der Waals surface area contributed by atoms with E-state index in [2.05, 4.69) is 15.0 Å². The summed E-state index contributed by atoms with van der Waals surface area (Å²) >= 11 is 0. The number of hydrogen-bond acceptors (Lipinski definition) is 12. The van der Waals surface area contributed by atoms with Gasteiger partial charge in [0.25, 0.3) is 0 Å². The number of aromatic nitrogens is 3. The molecule has 1 aromatic heterocycles. The highest BCUT2D eigenvalue weighted by Crippen LogP contribution is 2.21. The van der Waals surface area contributed by atoms with Gasteiger partial charge in [-0.15, -0.1) is 0 Å². The molecule has 1 aliphatic heterocycles. The fourth-order valence-corrected chi connectivity index (χ4v) is 2.29. The highest BCUT2D eigenvalue weighted by molar-refractivity contribution is 5.45. The summed E-state index contributed by atoms with van der Waals surface area (Å²) < 4.78 is 31.9. The maximum atomic E-state index is 5.51. The predicted octanol–water partition coefficient (Wildman–Crippen LogP) is 0.0142. The van der Waals surface area contributed by atoms with Gasteiger partial charge in [0.1, 0.15) is 40.4 Å². The molecule has 2 rings (SSSR count). The van der Waals surface area contributed by atoms with Crippen LogP contribution >= 0.6 is 0 Å². The zero-order valence-corrected chi connectivity index (χ0v) is 16.5. The van der Waals surface area contributed by atoms with Crippen molar-refractivity contribution in [2.75, 3.05) is 83.5 Å². The van der Waals surface area contributed by atoms with E-state index in [0.717, 1.165) is 0 Å². The van der Waals surface area contributed by atoms with Gasteiger partial charge < -0.3 is 28.4 Å². The molecule has 0 unspecified atom stereocenters. The first kappa shape index (κ1) is 21.5. The number of anilines is 3. The topological polar surface area (TPSA) is 104 Å². The average Bonchev–Trinajstić information content (AvgIpc) is 2.68. The predicted molar refractivity (Wildman–Crippen MR) is 96.1 cm³/mol. The van der Waals surface area contributed by atoms with Gasteiger partial charge in [0, 0.05) is 28.4 Å². The lowest BCUT2D eigenvalue weighted by atomic mass is 10.6. The molecular weight excluding hydrogens is 360 g/mol. The summed E-state index contributed by atoms with van der Waals surface area (Å²) in [5.41, 5.74) is 0. The summed E-state index contributed by atoms with van der Waals surface area (Å²) in [5, 5.41) is 0. The SMILES string of the molecule is COCN(COC)c1nc(N(COC)COC)nc(N2COC(C)OC2)n1. The molecule has 0 radical (unpaired) electrons. The summed E-state index contributed by atoms with van der Waals surface area (Å²) in [6, 6.07) is 0. The van der Waals surface area contributed by atoms with Crippen LogP contribution < -0.4 is 14.7 Å². The van der Waals surface area contributed by atoms with Crippen LogP contribution in [0.1, 0.15) is 6.92 Å². The lowest BCUT2D eigenvalue weighted by Crippen LogP contribution is -2.41. The first-order valence-corrected chi connectivity index (χ1v) is 8.32. The third-order valence-electron chi connectivity index (χ3n) is 3.52. The minimum Gasteiger partial charge on any atom is -0.364 e. The van der Waals surface area contributed by atoms with E-state index in [1.807, 2.05) is 6.92 Å². The molecule has 0 amide bonds. The van der Waals surface area contributed by atoms with Crippen LogP contribution in [-0.2, 0) is 28.4 Å². The Labute approximate surface area is 158 Å². The van der Waals surface area contributed by atoms with E-state index in [9.17, 15) is 0 Å². The van der Waals surface area contributed by atoms with Crippen LogP contribution in [0.5, 0.6) is 0 Å². The highest BCUT2D eigenvalue weighted by Gasteiger charge is 2.23. The molecule has 0 spiro atoms. The Bertz CT molecular complexity index is 513. The smallest absolute Gasteiger partial charge is 0.235 e. The standard InChI is InChI=1S/C15H28N6O6/c1-12-26-10-21(11-27-12)15-17-13(19(6-22-2)7-23-3)16-14(18-15)20(8-24-4)9-25-5/h12H,6-11H2,1-5H3. The highest BCUT2D eigenvalue weighted by atomic mass is 16.7. The van der Waals surface area contributed by atoms with E-state index < -0.39 is 0 Å². The minimum atomic E-state index is -0.279. The molecule has 0 saturated carbocycles. The second-order valence-electron chi connectivity index (χ2n) is 5.69. The number of ether oxygens (including phenoxy) is 6. The zero-order chi connectivity index (χ0) is 19.6. The van der Waals surface area contributed by atoms with Crippen LogP contribution in [-0.4, -0.2) is 90.1 Å². The summed E-state index contributed by atoms with van der Waals surface area (Å²) in [6.45, 7) is 3.41. The molecular formula is C15H28N6O6. The van der Waals surface area contributed by atoms with Crippen molar-refractivity contribution in [2.24, 2.45) is 0 Å². The molecule has 12 nitrogen and oxygen atoms in total. The lowest BCUT2D eigenvalue weighted by Gasteiger charge is -2.32. The summed E-state index contributed by atoms with van der Waals surface area (Å²) in [4.78, 5) is 18.8. The molecule has 0 aliphatic carbocycles. The van der Waals surface area contributed by atoms with Gasteiger partial charge in [0.15, 0.2) is 6.29 Å². The molecule has 154 valence electrons. The van der Waals surface area contributed by atoms with Gasteiger partial charge in [-0.3, -0.25) is 14.7 Å². The second-order valence-corrected chi connectivity index (χ2v) is 5.69. The average molecular weight is 388 g/mol. The molecule has 1 saturated heterocycles. The van der Waals surface area contributed by atoms with Crippen LogP contribution in [0, 0.1) is 0 Å². The second kappa shape index (κ2) is 11.1. The van der Waals surface area contributed by atoms with E-state index in [1.54, 1.807) is 43.1 Å². The third-order valence-corrected chi connectivity index (χ3v) is 3.52. The molecule has 0 aromatic carbocycles. The van der Waals surface area contributed by atoms with Crippen LogP contribution in [0.3, 0.4) is 0 Å². The Morgan fingerprint density at radius 2 is 1.22 bits per heavy atom. The summed E-state index contributed by atoms with van der Waals surface area (Å²) in [6.07, 6.45) is -0.279. The van der Waals surface area contributed by atoms with Gasteiger partial charge in [0.2, 0.25) is 17.8 Å². The van der Waals surface area contributed by atoms with Crippen molar-refractivity contribution < 1.29 is 28.4 Å². The molecule has 0 atom stereocenters. The van der Waals surface area contributed by atoms with Crippen LogP contribution in [0.4, 0.5) is 17.8 Å². The van der Waals surface area contributed by atoms with Crippen molar-refractivity contribution in [3.05, 3.63) is 0 Å². The molecule has 0 bridgehead atoms. The number of rotatable bonds is 11. The lowest BCUT2D eigenvalue weighted by molar-refractivity contribution is -0.165. The summed E-state index contributed by atoms with van der Waals surface area (Å²) in [7, 11) is 6.34. The first-order valence-electron chi connectivity index (χ1n) is 8.32. The van der Waals surface area contributed by atoms with Gasteiger partial charge in [-0.05, 0) is 6.92 Å². The van der Waals surface area contributed by atoms with E-state index in [4.69, 9.17) is 28.4 Å². The Kier molecular flexibility index (Phi) is 8.84. The van der Waals surface area contributed by atoms with E-state index >= 15 is 0 Å². The molecule has 0 N–H and O–H groups in total. The van der Waals surface area contributed by atoms with Crippen molar-refractivity contribution in [2.45, 2.75) is 13.2 Å². The number of methoxy groups -OCH3 is 4. The normalized spacial score (nSPS) is 15.2. The molecule has 27 heavy (non-hydrogen) atoms. The largest absolute Gasteiger partial charge is 0.364 e. The van der Waals surface area contributed by atoms with Crippen molar-refractivity contribution in [1.82, 2.24) is 15.0 Å². The minimum absolute atomic E-state index is 0.245. The van der Waals surface area contributed by atoms with Crippen LogP contribution in [0.25, 0.3) is 0 Å². The number of nitrogens with zero attached hydrogens (tertiary/aromatic N) is 6. The molecule has 1 aromatic rings. The van der Waals surface area contributed by atoms with E-state index in [-0.39, 0.29) is 33.2 Å². The van der Waals surface area contributed by atoms with Crippen LogP contribution in [0.15, 0.2) is 0 Å². The number of hydrogen-bond donors (Lipinski definition) is 0. The monoisotopic (exact) mass is 388 g/mol. The Balaban J connectivity index is 2.38. The van der Waals surface area contributed by atoms with Crippen molar-refractivity contribution in [3.8, 4) is 0 Å². The molecule has 1 aliphatic rings. The molecule has 1 fully saturated rings. The maximum Gasteiger partial charge on any atom is 0.235 e.